The van der Waals surface area contributed by atoms with Gasteiger partial charge >= 0.3 is 0 Å². The molecule has 0 nitrogen and oxygen atoms in total. The summed E-state index contributed by atoms with van der Waals surface area (Å²) in [6.07, 6.45) is 0. The fraction of sp³-hybridized carbons (Fsp3) is 0.125. The molecule has 1 heterocycles. The SMILES string of the molecule is Cc1ccc(Br)c(C(Br)c2csc3ccccc23)c1. The molecule has 0 amide bonds. The zero-order valence-corrected chi connectivity index (χ0v) is 14.3. The zero-order valence-electron chi connectivity index (χ0n) is 10.4. The molecule has 3 rings (SSSR count). The van der Waals surface area contributed by atoms with Crippen molar-refractivity contribution in [2.45, 2.75) is 11.8 Å². The minimum atomic E-state index is 0.220. The number of fused-ring (bicyclic) bond motifs is 1. The number of benzene rings is 2. The van der Waals surface area contributed by atoms with Gasteiger partial charge < -0.3 is 0 Å². The molecule has 1 unspecified atom stereocenters. The van der Waals surface area contributed by atoms with Crippen LogP contribution in [-0.2, 0) is 0 Å². The Morgan fingerprint density at radius 3 is 2.68 bits per heavy atom. The molecule has 19 heavy (non-hydrogen) atoms. The van der Waals surface area contributed by atoms with Crippen LogP contribution < -0.4 is 0 Å². The van der Waals surface area contributed by atoms with Crippen molar-refractivity contribution < 1.29 is 0 Å². The summed E-state index contributed by atoms with van der Waals surface area (Å²) in [4.78, 5) is 0.220. The van der Waals surface area contributed by atoms with Crippen LogP contribution in [0.15, 0.2) is 52.3 Å². The highest BCUT2D eigenvalue weighted by Crippen LogP contribution is 2.41. The smallest absolute Gasteiger partial charge is 0.0669 e. The first-order chi connectivity index (χ1) is 9.16. The third-order valence-electron chi connectivity index (χ3n) is 3.21. The third-order valence-corrected chi connectivity index (χ3v) is 5.90. The maximum Gasteiger partial charge on any atom is 0.0669 e. The van der Waals surface area contributed by atoms with Crippen molar-refractivity contribution in [2.24, 2.45) is 0 Å². The molecule has 3 heteroatoms. The first-order valence-corrected chi connectivity index (χ1v) is 8.62. The summed E-state index contributed by atoms with van der Waals surface area (Å²) in [5.41, 5.74) is 3.90. The van der Waals surface area contributed by atoms with Gasteiger partial charge in [0, 0.05) is 9.17 Å². The van der Waals surface area contributed by atoms with Crippen molar-refractivity contribution >= 4 is 53.3 Å². The maximum atomic E-state index is 3.86. The van der Waals surface area contributed by atoms with Gasteiger partial charge in [0.2, 0.25) is 0 Å². The number of alkyl halides is 1. The summed E-state index contributed by atoms with van der Waals surface area (Å²) in [6, 6.07) is 15.0. The summed E-state index contributed by atoms with van der Waals surface area (Å²) < 4.78 is 2.49. The Morgan fingerprint density at radius 2 is 1.84 bits per heavy atom. The van der Waals surface area contributed by atoms with Crippen LogP contribution in [-0.4, -0.2) is 0 Å². The van der Waals surface area contributed by atoms with Crippen molar-refractivity contribution in [3.63, 3.8) is 0 Å². The Labute approximate surface area is 133 Å². The van der Waals surface area contributed by atoms with E-state index in [1.54, 1.807) is 11.3 Å². The predicted octanol–water partition coefficient (Wildman–Crippen LogP) is 6.46. The molecule has 0 aliphatic heterocycles. The number of hydrogen-bond acceptors (Lipinski definition) is 1. The van der Waals surface area contributed by atoms with Gasteiger partial charge in [0.15, 0.2) is 0 Å². The van der Waals surface area contributed by atoms with E-state index in [0.717, 1.165) is 4.47 Å². The van der Waals surface area contributed by atoms with Crippen molar-refractivity contribution in [1.29, 1.82) is 0 Å². The Bertz CT molecular complexity index is 730. The third kappa shape index (κ3) is 2.51. The van der Waals surface area contributed by atoms with Crippen LogP contribution in [0.4, 0.5) is 0 Å². The molecule has 0 spiro atoms. The van der Waals surface area contributed by atoms with Gasteiger partial charge in [-0.1, -0.05) is 67.8 Å². The largest absolute Gasteiger partial charge is 0.143 e. The summed E-state index contributed by atoms with van der Waals surface area (Å²) in [5.74, 6) is 0. The van der Waals surface area contributed by atoms with Crippen LogP contribution in [0.2, 0.25) is 0 Å². The molecule has 1 aromatic heterocycles. The van der Waals surface area contributed by atoms with E-state index in [4.69, 9.17) is 0 Å². The maximum absolute atomic E-state index is 3.86. The highest BCUT2D eigenvalue weighted by atomic mass is 79.9. The number of thiophene rings is 1. The Kier molecular flexibility index (Phi) is 3.79. The van der Waals surface area contributed by atoms with Gasteiger partial charge in [-0.15, -0.1) is 11.3 Å². The van der Waals surface area contributed by atoms with Crippen LogP contribution in [0.5, 0.6) is 0 Å². The van der Waals surface area contributed by atoms with Gasteiger partial charge in [-0.05, 0) is 40.9 Å². The standard InChI is InChI=1S/C16H12Br2S/c1-10-6-7-14(17)12(8-10)16(18)13-9-19-15-5-3-2-4-11(13)15/h2-9,16H,1H3. The first-order valence-electron chi connectivity index (χ1n) is 6.03. The van der Waals surface area contributed by atoms with Crippen LogP contribution in [0.25, 0.3) is 10.1 Å². The lowest BCUT2D eigenvalue weighted by Gasteiger charge is -2.13. The monoisotopic (exact) mass is 394 g/mol. The van der Waals surface area contributed by atoms with Crippen LogP contribution in [0, 0.1) is 6.92 Å². The highest BCUT2D eigenvalue weighted by Gasteiger charge is 2.17. The number of halogens is 2. The van der Waals surface area contributed by atoms with E-state index in [0.29, 0.717) is 0 Å². The lowest BCUT2D eigenvalue weighted by Crippen LogP contribution is -1.93. The minimum absolute atomic E-state index is 0.220. The van der Waals surface area contributed by atoms with E-state index in [9.17, 15) is 0 Å². The fourth-order valence-electron chi connectivity index (χ4n) is 2.22. The van der Waals surface area contributed by atoms with Gasteiger partial charge in [-0.2, -0.15) is 0 Å². The summed E-state index contributed by atoms with van der Waals surface area (Å²) in [6.45, 7) is 2.13. The first kappa shape index (κ1) is 13.3. The number of hydrogen-bond donors (Lipinski definition) is 0. The van der Waals surface area contributed by atoms with E-state index in [1.165, 1.54) is 26.8 Å². The summed E-state index contributed by atoms with van der Waals surface area (Å²) >= 11 is 9.31. The van der Waals surface area contributed by atoms with Gasteiger partial charge in [0.1, 0.15) is 0 Å². The van der Waals surface area contributed by atoms with E-state index >= 15 is 0 Å². The minimum Gasteiger partial charge on any atom is -0.143 e. The Morgan fingerprint density at radius 1 is 1.05 bits per heavy atom. The van der Waals surface area contributed by atoms with Crippen molar-refractivity contribution in [1.82, 2.24) is 0 Å². The molecule has 1 atom stereocenters. The summed E-state index contributed by atoms with van der Waals surface area (Å²) in [7, 11) is 0. The molecule has 0 aliphatic carbocycles. The number of rotatable bonds is 2. The molecule has 0 aliphatic rings. The van der Waals surface area contributed by atoms with Crippen LogP contribution in [0.3, 0.4) is 0 Å². The summed E-state index contributed by atoms with van der Waals surface area (Å²) in [5, 5.41) is 3.58. The molecule has 2 aromatic carbocycles. The van der Waals surface area contributed by atoms with E-state index in [2.05, 4.69) is 86.6 Å². The van der Waals surface area contributed by atoms with Gasteiger partial charge in [0.05, 0.1) is 4.83 Å². The average molecular weight is 396 g/mol. The lowest BCUT2D eigenvalue weighted by molar-refractivity contribution is 1.18. The topological polar surface area (TPSA) is 0 Å². The molecular formula is C16H12Br2S. The molecule has 0 saturated carbocycles. The Hall–Kier alpha value is -0.640. The molecule has 0 saturated heterocycles. The van der Waals surface area contributed by atoms with Gasteiger partial charge in [0.25, 0.3) is 0 Å². The van der Waals surface area contributed by atoms with Crippen molar-refractivity contribution in [3.8, 4) is 0 Å². The van der Waals surface area contributed by atoms with Crippen molar-refractivity contribution in [2.75, 3.05) is 0 Å². The molecule has 0 bridgehead atoms. The molecular weight excluding hydrogens is 384 g/mol. The van der Waals surface area contributed by atoms with E-state index in [1.807, 2.05) is 0 Å². The Balaban J connectivity index is 2.13. The second-order valence-corrected chi connectivity index (χ2v) is 7.26. The second kappa shape index (κ2) is 5.39. The van der Waals surface area contributed by atoms with Gasteiger partial charge in [-0.25, -0.2) is 0 Å². The highest BCUT2D eigenvalue weighted by molar-refractivity contribution is 9.11. The molecule has 0 N–H and O–H groups in total. The van der Waals surface area contributed by atoms with Crippen LogP contribution >= 0.6 is 43.2 Å². The lowest BCUT2D eigenvalue weighted by atomic mass is 10.0. The predicted molar refractivity (Wildman–Crippen MR) is 91.5 cm³/mol. The molecule has 0 fully saturated rings. The number of aryl methyl sites for hydroxylation is 1. The quantitative estimate of drug-likeness (QED) is 0.437. The molecule has 96 valence electrons. The van der Waals surface area contributed by atoms with Crippen molar-refractivity contribution in [3.05, 3.63) is 69.0 Å². The molecule has 3 aromatic rings. The van der Waals surface area contributed by atoms with Crippen LogP contribution in [0.1, 0.15) is 21.5 Å². The van der Waals surface area contributed by atoms with E-state index in [-0.39, 0.29) is 4.83 Å². The van der Waals surface area contributed by atoms with E-state index < -0.39 is 0 Å². The average Bonchev–Trinajstić information content (AvgIpc) is 2.84. The fourth-order valence-corrected chi connectivity index (χ4v) is 4.92. The normalized spacial score (nSPS) is 12.8. The second-order valence-electron chi connectivity index (χ2n) is 4.57. The zero-order chi connectivity index (χ0) is 13.4. The van der Waals surface area contributed by atoms with Gasteiger partial charge in [-0.3, -0.25) is 0 Å². The molecule has 0 radical (unpaired) electrons.